The van der Waals surface area contributed by atoms with Gasteiger partial charge in [0.25, 0.3) is 6.47 Å². The Morgan fingerprint density at radius 2 is 1.88 bits per heavy atom. The van der Waals surface area contributed by atoms with Crippen LogP contribution < -0.4 is 4.74 Å². The highest BCUT2D eigenvalue weighted by molar-refractivity contribution is 5.82. The number of benzene rings is 1. The number of aromatic nitrogens is 2. The van der Waals surface area contributed by atoms with Gasteiger partial charge < -0.3 is 9.47 Å². The Hall–Kier alpha value is -2.95. The molecular formula is C19H20N2O3. The Balaban J connectivity index is 0.000000368. The summed E-state index contributed by atoms with van der Waals surface area (Å²) in [7, 11) is 1.63. The molecule has 0 aliphatic heterocycles. The maximum absolute atomic E-state index is 9.18. The second kappa shape index (κ2) is 9.25. The fraction of sp³-hybridized carbons (Fsp3) is 0.211. The van der Waals surface area contributed by atoms with E-state index in [1.165, 1.54) is 16.5 Å². The number of hydrogen-bond acceptors (Lipinski definition) is 5. The number of fused-ring (bicyclic) bond motifs is 1. The number of carbonyl (C=O) groups excluding carboxylic acids is 1. The lowest BCUT2D eigenvalue weighted by atomic mass is 10.0. The number of hydrogen-bond donors (Lipinski definition) is 0. The first kappa shape index (κ1) is 17.4. The Bertz CT molecular complexity index is 785. The van der Waals surface area contributed by atoms with Crippen LogP contribution in [0.3, 0.4) is 0 Å². The molecule has 0 amide bonds. The minimum Gasteiger partial charge on any atom is -0.481 e. The number of pyridine rings is 2. The van der Waals surface area contributed by atoms with E-state index in [0.29, 0.717) is 19.0 Å². The molecule has 1 aromatic carbocycles. The predicted octanol–water partition coefficient (Wildman–Crippen LogP) is 3.41. The zero-order chi connectivity index (χ0) is 17.2. The minimum atomic E-state index is 0.431. The number of methoxy groups -OCH3 is 1. The van der Waals surface area contributed by atoms with E-state index >= 15 is 0 Å². The van der Waals surface area contributed by atoms with Crippen molar-refractivity contribution in [1.29, 1.82) is 0 Å². The second-order valence-corrected chi connectivity index (χ2v) is 4.92. The summed E-state index contributed by atoms with van der Waals surface area (Å²) in [5, 5.41) is 1.20. The largest absolute Gasteiger partial charge is 0.481 e. The molecule has 0 spiro atoms. The molecule has 2 heterocycles. The van der Waals surface area contributed by atoms with E-state index in [-0.39, 0.29) is 0 Å². The summed E-state index contributed by atoms with van der Waals surface area (Å²) >= 11 is 0. The van der Waals surface area contributed by atoms with Gasteiger partial charge in [0.1, 0.15) is 0 Å². The number of carbonyl (C=O) groups is 1. The average molecular weight is 324 g/mol. The van der Waals surface area contributed by atoms with E-state index in [1.54, 1.807) is 20.2 Å². The van der Waals surface area contributed by atoms with Gasteiger partial charge in [0.2, 0.25) is 5.88 Å². The summed E-state index contributed by atoms with van der Waals surface area (Å²) in [6.07, 6.45) is 4.48. The van der Waals surface area contributed by atoms with Crippen molar-refractivity contribution in [3.05, 3.63) is 66.0 Å². The van der Waals surface area contributed by atoms with Gasteiger partial charge >= 0.3 is 0 Å². The third kappa shape index (κ3) is 4.78. The van der Waals surface area contributed by atoms with Crippen LogP contribution in [0.15, 0.2) is 54.9 Å². The minimum absolute atomic E-state index is 0.431. The lowest BCUT2D eigenvalue weighted by molar-refractivity contribution is -0.128. The zero-order valence-electron chi connectivity index (χ0n) is 13.8. The zero-order valence-corrected chi connectivity index (χ0v) is 13.8. The Morgan fingerprint density at radius 1 is 1.08 bits per heavy atom. The van der Waals surface area contributed by atoms with Gasteiger partial charge in [-0.2, -0.15) is 0 Å². The van der Waals surface area contributed by atoms with E-state index in [9.17, 15) is 4.79 Å². The van der Waals surface area contributed by atoms with E-state index < -0.39 is 0 Å². The molecular weight excluding hydrogens is 304 g/mol. The van der Waals surface area contributed by atoms with Crippen LogP contribution in [0.1, 0.15) is 18.1 Å². The molecule has 0 aliphatic rings. The Morgan fingerprint density at radius 3 is 2.58 bits per heavy atom. The summed E-state index contributed by atoms with van der Waals surface area (Å²) in [4.78, 5) is 17.7. The predicted molar refractivity (Wildman–Crippen MR) is 93.0 cm³/mol. The van der Waals surface area contributed by atoms with Gasteiger partial charge in [0.15, 0.2) is 0 Å². The van der Waals surface area contributed by atoms with Crippen LogP contribution in [0.4, 0.5) is 0 Å². The van der Waals surface area contributed by atoms with Crippen LogP contribution in [0, 0.1) is 0 Å². The quantitative estimate of drug-likeness (QED) is 0.673. The molecule has 2 aromatic heterocycles. The van der Waals surface area contributed by atoms with Crippen molar-refractivity contribution in [3.63, 3.8) is 0 Å². The summed E-state index contributed by atoms with van der Waals surface area (Å²) in [6.45, 7) is 2.66. The number of nitrogens with zero attached hydrogens (tertiary/aromatic N) is 2. The summed E-state index contributed by atoms with van der Waals surface area (Å²) in [6, 6.07) is 14.2. The highest BCUT2D eigenvalue weighted by Gasteiger charge is 2.04. The molecule has 0 radical (unpaired) electrons. The maximum atomic E-state index is 9.18. The van der Waals surface area contributed by atoms with Gasteiger partial charge in [-0.15, -0.1) is 0 Å². The summed E-state index contributed by atoms with van der Waals surface area (Å²) < 4.78 is 9.31. The van der Waals surface area contributed by atoms with Crippen LogP contribution in [0.2, 0.25) is 0 Å². The molecule has 3 aromatic rings. The third-order valence-corrected chi connectivity index (χ3v) is 3.38. The smallest absolute Gasteiger partial charge is 0.293 e. The molecule has 0 N–H and O–H groups in total. The first-order valence-corrected chi connectivity index (χ1v) is 7.65. The van der Waals surface area contributed by atoms with Crippen molar-refractivity contribution in [2.24, 2.45) is 0 Å². The van der Waals surface area contributed by atoms with Gasteiger partial charge in [-0.3, -0.25) is 9.78 Å². The van der Waals surface area contributed by atoms with Crippen molar-refractivity contribution >= 4 is 17.4 Å². The summed E-state index contributed by atoms with van der Waals surface area (Å²) in [5.41, 5.74) is 3.48. The molecule has 5 heteroatoms. The van der Waals surface area contributed by atoms with Crippen LogP contribution in [-0.2, 0) is 16.0 Å². The van der Waals surface area contributed by atoms with Crippen LogP contribution in [-0.4, -0.2) is 30.2 Å². The van der Waals surface area contributed by atoms with Gasteiger partial charge in [0.05, 0.1) is 19.2 Å². The molecule has 0 saturated carbocycles. The van der Waals surface area contributed by atoms with Crippen molar-refractivity contribution in [3.8, 4) is 5.88 Å². The fourth-order valence-corrected chi connectivity index (χ4v) is 2.27. The Labute approximate surface area is 141 Å². The van der Waals surface area contributed by atoms with Gasteiger partial charge in [-0.05, 0) is 42.7 Å². The highest BCUT2D eigenvalue weighted by atomic mass is 16.5. The molecule has 0 fully saturated rings. The lowest BCUT2D eigenvalue weighted by Gasteiger charge is -2.07. The second-order valence-electron chi connectivity index (χ2n) is 4.92. The normalized spacial score (nSPS) is 9.75. The number of para-hydroxylation sites is 1. The number of rotatable bonds is 5. The van der Waals surface area contributed by atoms with Crippen LogP contribution in [0.5, 0.6) is 5.88 Å². The maximum Gasteiger partial charge on any atom is 0.293 e. The molecule has 0 saturated heterocycles. The average Bonchev–Trinajstić information content (AvgIpc) is 2.63. The molecule has 124 valence electrons. The van der Waals surface area contributed by atoms with E-state index in [0.717, 1.165) is 11.9 Å². The SMILES string of the molecule is CCOC=O.COc1cc(Cc2ccnc3ccccc23)ccn1. The highest BCUT2D eigenvalue weighted by Crippen LogP contribution is 2.20. The fourth-order valence-electron chi connectivity index (χ4n) is 2.27. The molecule has 0 aliphatic carbocycles. The molecule has 0 unspecified atom stereocenters. The molecule has 0 bridgehead atoms. The van der Waals surface area contributed by atoms with Crippen molar-refractivity contribution < 1.29 is 14.3 Å². The van der Waals surface area contributed by atoms with E-state index in [1.807, 2.05) is 36.5 Å². The van der Waals surface area contributed by atoms with Crippen molar-refractivity contribution in [2.75, 3.05) is 13.7 Å². The van der Waals surface area contributed by atoms with Gasteiger partial charge in [-0.25, -0.2) is 4.98 Å². The topological polar surface area (TPSA) is 61.3 Å². The molecule has 24 heavy (non-hydrogen) atoms. The van der Waals surface area contributed by atoms with Gasteiger partial charge in [0, 0.05) is 23.8 Å². The number of ether oxygens (including phenoxy) is 2. The first-order valence-electron chi connectivity index (χ1n) is 7.65. The van der Waals surface area contributed by atoms with E-state index in [2.05, 4.69) is 26.8 Å². The molecule has 5 nitrogen and oxygen atoms in total. The van der Waals surface area contributed by atoms with Crippen LogP contribution >= 0.6 is 0 Å². The van der Waals surface area contributed by atoms with Crippen LogP contribution in [0.25, 0.3) is 10.9 Å². The lowest BCUT2D eigenvalue weighted by Crippen LogP contribution is -1.93. The van der Waals surface area contributed by atoms with E-state index in [4.69, 9.17) is 4.74 Å². The Kier molecular flexibility index (Phi) is 6.71. The van der Waals surface area contributed by atoms with Crippen molar-refractivity contribution in [2.45, 2.75) is 13.3 Å². The standard InChI is InChI=1S/C16H14N2O.C3H6O2/c1-19-16-11-12(6-8-18-16)10-13-7-9-17-15-5-3-2-4-14(13)15;1-2-5-3-4/h2-9,11H,10H2,1H3;3H,2H2,1H3. The first-order chi connectivity index (χ1) is 11.8. The monoisotopic (exact) mass is 324 g/mol. The molecule has 3 rings (SSSR count). The van der Waals surface area contributed by atoms with Crippen molar-refractivity contribution in [1.82, 2.24) is 9.97 Å². The van der Waals surface area contributed by atoms with Gasteiger partial charge in [-0.1, -0.05) is 18.2 Å². The molecule has 0 atom stereocenters. The third-order valence-electron chi connectivity index (χ3n) is 3.38. The summed E-state index contributed by atoms with van der Waals surface area (Å²) in [5.74, 6) is 0.649.